The molecule has 13 heavy (non-hydrogen) atoms. The molecule has 2 atom stereocenters. The molecule has 0 radical (unpaired) electrons. The first-order valence-electron chi connectivity index (χ1n) is 5.51. The van der Waals surface area contributed by atoms with Gasteiger partial charge < -0.3 is 10.2 Å². The Morgan fingerprint density at radius 1 is 1.31 bits per heavy atom. The molecule has 1 N–H and O–H groups in total. The van der Waals surface area contributed by atoms with Gasteiger partial charge in [0.05, 0.1) is 8.07 Å². The summed E-state index contributed by atoms with van der Waals surface area (Å²) in [7, 11) is -0.884. The molecule has 0 aromatic carbocycles. The van der Waals surface area contributed by atoms with Crippen LogP contribution < -0.4 is 5.32 Å². The normalized spacial score (nSPS) is 35.3. The highest BCUT2D eigenvalue weighted by Gasteiger charge is 2.38. The predicted molar refractivity (Wildman–Crippen MR) is 59.7 cm³/mol. The molecule has 0 aromatic heterocycles. The van der Waals surface area contributed by atoms with E-state index >= 15 is 0 Å². The second-order valence-electron chi connectivity index (χ2n) is 5.81. The average molecular weight is 198 g/mol. The molecule has 2 rings (SSSR count). The summed E-state index contributed by atoms with van der Waals surface area (Å²) in [6.07, 6.45) is 2.83. The van der Waals surface area contributed by atoms with E-state index in [-0.39, 0.29) is 0 Å². The molecule has 76 valence electrons. The largest absolute Gasteiger partial charge is 0.315 e. The Labute approximate surface area is 82.7 Å². The second-order valence-corrected chi connectivity index (χ2v) is 11.2. The van der Waals surface area contributed by atoms with Gasteiger partial charge in [0, 0.05) is 12.6 Å². The zero-order chi connectivity index (χ0) is 9.47. The third kappa shape index (κ3) is 2.14. The zero-order valence-electron chi connectivity index (χ0n) is 9.14. The van der Waals surface area contributed by atoms with Gasteiger partial charge in [-0.3, -0.25) is 0 Å². The van der Waals surface area contributed by atoms with Crippen molar-refractivity contribution < 1.29 is 0 Å². The first-order valence-corrected chi connectivity index (χ1v) is 9.22. The Kier molecular flexibility index (Phi) is 2.51. The quantitative estimate of drug-likeness (QED) is 0.670. The number of nitrogens with zero attached hydrogens (tertiary/aromatic N) is 1. The Morgan fingerprint density at radius 2 is 2.08 bits per heavy atom. The van der Waals surface area contributed by atoms with Crippen molar-refractivity contribution in [2.24, 2.45) is 5.92 Å². The fourth-order valence-electron chi connectivity index (χ4n) is 2.74. The summed E-state index contributed by atoms with van der Waals surface area (Å²) in [5, 5.41) is 3.51. The molecule has 0 aliphatic carbocycles. The van der Waals surface area contributed by atoms with Crippen LogP contribution in [0.3, 0.4) is 0 Å². The van der Waals surface area contributed by atoms with Gasteiger partial charge in [0.2, 0.25) is 0 Å². The molecule has 2 saturated heterocycles. The van der Waals surface area contributed by atoms with Gasteiger partial charge in [0.15, 0.2) is 0 Å². The highest BCUT2D eigenvalue weighted by Crippen LogP contribution is 2.27. The zero-order valence-corrected chi connectivity index (χ0v) is 10.1. The van der Waals surface area contributed by atoms with Crippen LogP contribution in [0.15, 0.2) is 0 Å². The number of nitrogens with one attached hydrogen (secondary N) is 1. The minimum atomic E-state index is -0.884. The van der Waals surface area contributed by atoms with Crippen LogP contribution in [0, 0.1) is 5.92 Å². The van der Waals surface area contributed by atoms with Crippen molar-refractivity contribution in [3.63, 3.8) is 0 Å². The molecule has 2 fully saturated rings. The van der Waals surface area contributed by atoms with Crippen molar-refractivity contribution in [1.82, 2.24) is 10.2 Å². The van der Waals surface area contributed by atoms with Gasteiger partial charge in [0.25, 0.3) is 0 Å². The number of likely N-dealkylation sites (tertiary alicyclic amines) is 1. The molecule has 0 aromatic rings. The van der Waals surface area contributed by atoms with E-state index in [2.05, 4.69) is 29.9 Å². The summed E-state index contributed by atoms with van der Waals surface area (Å²) in [6.45, 7) is 11.3. The predicted octanol–water partition coefficient (Wildman–Crippen LogP) is 1.16. The van der Waals surface area contributed by atoms with Crippen molar-refractivity contribution in [1.29, 1.82) is 0 Å². The van der Waals surface area contributed by atoms with Crippen LogP contribution in [0.1, 0.15) is 6.42 Å². The van der Waals surface area contributed by atoms with Gasteiger partial charge in [-0.25, -0.2) is 0 Å². The second kappa shape index (κ2) is 3.37. The summed E-state index contributed by atoms with van der Waals surface area (Å²) >= 11 is 0. The molecular formula is C10H22N2Si. The van der Waals surface area contributed by atoms with Crippen molar-refractivity contribution in [3.05, 3.63) is 0 Å². The van der Waals surface area contributed by atoms with Crippen LogP contribution >= 0.6 is 0 Å². The highest BCUT2D eigenvalue weighted by molar-refractivity contribution is 6.76. The Morgan fingerprint density at radius 3 is 2.77 bits per heavy atom. The fourth-order valence-corrected chi connectivity index (χ4v) is 4.36. The van der Waals surface area contributed by atoms with Crippen LogP contribution in [-0.2, 0) is 0 Å². The van der Waals surface area contributed by atoms with E-state index in [9.17, 15) is 0 Å². The van der Waals surface area contributed by atoms with Crippen molar-refractivity contribution in [3.8, 4) is 0 Å². The maximum absolute atomic E-state index is 3.51. The Bertz CT molecular complexity index is 188. The molecule has 2 heterocycles. The minimum Gasteiger partial charge on any atom is -0.315 e. The Balaban J connectivity index is 1.94. The third-order valence-corrected chi connectivity index (χ3v) is 4.59. The molecule has 0 spiro atoms. The lowest BCUT2D eigenvalue weighted by Gasteiger charge is -2.29. The SMILES string of the molecule is C[Si](C)(C)CN1CC[C@@H]2CNC[C@@H]21. The molecule has 0 unspecified atom stereocenters. The van der Waals surface area contributed by atoms with Gasteiger partial charge in [-0.15, -0.1) is 0 Å². The number of fused-ring (bicyclic) bond motifs is 1. The topological polar surface area (TPSA) is 15.3 Å². The van der Waals surface area contributed by atoms with E-state index in [1.807, 2.05) is 0 Å². The van der Waals surface area contributed by atoms with E-state index in [1.165, 1.54) is 32.2 Å². The van der Waals surface area contributed by atoms with Crippen LogP contribution in [0.4, 0.5) is 0 Å². The maximum Gasteiger partial charge on any atom is 0.0599 e. The summed E-state index contributed by atoms with van der Waals surface area (Å²) in [4.78, 5) is 2.75. The summed E-state index contributed by atoms with van der Waals surface area (Å²) < 4.78 is 0. The number of hydrogen-bond donors (Lipinski definition) is 1. The average Bonchev–Trinajstić information content (AvgIpc) is 2.50. The lowest BCUT2D eigenvalue weighted by atomic mass is 10.1. The van der Waals surface area contributed by atoms with E-state index in [4.69, 9.17) is 0 Å². The summed E-state index contributed by atoms with van der Waals surface area (Å²) in [5.41, 5.74) is 0. The molecule has 2 aliphatic rings. The molecule has 0 saturated carbocycles. The summed E-state index contributed by atoms with van der Waals surface area (Å²) in [6, 6.07) is 0.881. The van der Waals surface area contributed by atoms with E-state index < -0.39 is 8.07 Å². The van der Waals surface area contributed by atoms with Crippen LogP contribution in [-0.4, -0.2) is 44.8 Å². The van der Waals surface area contributed by atoms with Gasteiger partial charge in [-0.1, -0.05) is 19.6 Å². The van der Waals surface area contributed by atoms with Crippen molar-refractivity contribution >= 4 is 8.07 Å². The molecule has 2 nitrogen and oxygen atoms in total. The highest BCUT2D eigenvalue weighted by atomic mass is 28.3. The molecular weight excluding hydrogens is 176 g/mol. The Hall–Kier alpha value is 0.137. The lowest BCUT2D eigenvalue weighted by molar-refractivity contribution is 0.288. The molecule has 0 amide bonds. The summed E-state index contributed by atoms with van der Waals surface area (Å²) in [5.74, 6) is 0.969. The van der Waals surface area contributed by atoms with E-state index in [0.29, 0.717) is 0 Å². The van der Waals surface area contributed by atoms with Gasteiger partial charge in [0.1, 0.15) is 0 Å². The fraction of sp³-hybridized carbons (Fsp3) is 1.00. The van der Waals surface area contributed by atoms with Gasteiger partial charge in [-0.05, 0) is 31.6 Å². The molecule has 3 heteroatoms. The number of rotatable bonds is 2. The van der Waals surface area contributed by atoms with Crippen LogP contribution in [0.25, 0.3) is 0 Å². The lowest BCUT2D eigenvalue weighted by Crippen LogP contribution is -2.44. The molecule has 0 bridgehead atoms. The first-order chi connectivity index (χ1) is 6.06. The van der Waals surface area contributed by atoms with Gasteiger partial charge in [-0.2, -0.15) is 0 Å². The smallest absolute Gasteiger partial charge is 0.0599 e. The van der Waals surface area contributed by atoms with Crippen LogP contribution in [0.2, 0.25) is 19.6 Å². The van der Waals surface area contributed by atoms with Gasteiger partial charge >= 0.3 is 0 Å². The van der Waals surface area contributed by atoms with Crippen molar-refractivity contribution in [2.75, 3.05) is 25.8 Å². The molecule has 2 aliphatic heterocycles. The standard InChI is InChI=1S/C10H22N2Si/c1-13(2,3)8-12-5-4-9-6-11-7-10(9)12/h9-11H,4-8H2,1-3H3/t9-,10+/m1/s1. The van der Waals surface area contributed by atoms with Crippen LogP contribution in [0.5, 0.6) is 0 Å². The van der Waals surface area contributed by atoms with E-state index in [1.54, 1.807) is 0 Å². The first kappa shape index (κ1) is 9.68. The number of hydrogen-bond acceptors (Lipinski definition) is 2. The minimum absolute atomic E-state index is 0.881. The third-order valence-electron chi connectivity index (χ3n) is 3.24. The van der Waals surface area contributed by atoms with E-state index in [0.717, 1.165) is 12.0 Å². The monoisotopic (exact) mass is 198 g/mol. The maximum atomic E-state index is 3.51. The van der Waals surface area contributed by atoms with Crippen molar-refractivity contribution in [2.45, 2.75) is 32.1 Å².